The molecule has 0 saturated carbocycles. The number of carbonyl (C=O) groups is 1. The maximum absolute atomic E-state index is 14.3. The third-order valence-corrected chi connectivity index (χ3v) is 12.2. The summed E-state index contributed by atoms with van der Waals surface area (Å²) in [6, 6.07) is 11.5. The third kappa shape index (κ3) is 7.63. The summed E-state index contributed by atoms with van der Waals surface area (Å²) in [6.45, 7) is 8.69. The van der Waals surface area contributed by atoms with E-state index in [2.05, 4.69) is 9.59 Å². The molecule has 0 unspecified atom stereocenters. The van der Waals surface area contributed by atoms with E-state index in [1.54, 1.807) is 24.8 Å². The Hall–Kier alpha value is -3.25. The second-order valence-electron chi connectivity index (χ2n) is 13.8. The van der Waals surface area contributed by atoms with Gasteiger partial charge in [0.25, 0.3) is 0 Å². The monoisotopic (exact) mass is 764 g/mol. The molecule has 0 aliphatic carbocycles. The van der Waals surface area contributed by atoms with E-state index in [9.17, 15) is 13.2 Å². The van der Waals surface area contributed by atoms with Crippen LogP contribution in [0.3, 0.4) is 0 Å². The van der Waals surface area contributed by atoms with Crippen LogP contribution in [0.1, 0.15) is 45.4 Å². The Morgan fingerprint density at radius 3 is 2.67 bits per heavy atom. The third-order valence-electron chi connectivity index (χ3n) is 9.40. The van der Waals surface area contributed by atoms with Gasteiger partial charge in [-0.3, -0.25) is 4.90 Å². The molecular weight excluding hydrogens is 724 g/mol. The van der Waals surface area contributed by atoms with Gasteiger partial charge in [0, 0.05) is 30.7 Å². The summed E-state index contributed by atoms with van der Waals surface area (Å²) in [4.78, 5) is 15.8. The molecule has 1 amide bonds. The molecular formula is C34H41ClN4O10S2. The van der Waals surface area contributed by atoms with Crippen molar-refractivity contribution in [2.75, 3.05) is 33.1 Å². The molecule has 1 aromatic heterocycles. The van der Waals surface area contributed by atoms with Crippen molar-refractivity contribution in [2.24, 2.45) is 11.8 Å². The summed E-state index contributed by atoms with van der Waals surface area (Å²) in [5, 5.41) is 3.99. The van der Waals surface area contributed by atoms with Gasteiger partial charge in [-0.2, -0.15) is 4.31 Å². The van der Waals surface area contributed by atoms with E-state index in [-0.39, 0.29) is 56.1 Å². The largest absolute Gasteiger partial charge is 0.487 e. The van der Waals surface area contributed by atoms with Crippen molar-refractivity contribution in [1.82, 2.24) is 18.8 Å². The van der Waals surface area contributed by atoms with Crippen molar-refractivity contribution < 1.29 is 46.4 Å². The predicted molar refractivity (Wildman–Crippen MR) is 184 cm³/mol. The minimum absolute atomic E-state index is 0.00542. The van der Waals surface area contributed by atoms with Crippen LogP contribution in [-0.4, -0.2) is 96.7 Å². The predicted octanol–water partition coefficient (Wildman–Crippen LogP) is 5.09. The lowest BCUT2D eigenvalue weighted by molar-refractivity contribution is -0.0911. The van der Waals surface area contributed by atoms with Crippen LogP contribution in [0.4, 0.5) is 4.79 Å². The standard InChI is InChI=1S/C34H41ClN4O10S2/c1-20(2)15-38(51(41,42)23-9-10-27-28(14-23)47-19-46-27)16-29-26(13-21-5-7-22(8-6-21)44-17-25-31(35)50-37-36-25)39(34(3,4)49-29)33(40)48-30-18-45-32-24(30)11-12-43-32/h5-10,14,20,24,26,29-30,32H,11-13,15-19H2,1-4H3/t24-,26-,29+,30-,32+/m1/s1. The Morgan fingerprint density at radius 1 is 1.14 bits per heavy atom. The number of fused-ring (bicyclic) bond motifs is 2. The Morgan fingerprint density at radius 2 is 1.92 bits per heavy atom. The molecule has 17 heteroatoms. The fourth-order valence-corrected chi connectivity index (χ4v) is 9.24. The molecule has 4 aliphatic heterocycles. The first-order valence-corrected chi connectivity index (χ1v) is 19.5. The molecule has 276 valence electrons. The molecule has 3 fully saturated rings. The number of halogens is 1. The maximum atomic E-state index is 14.3. The first-order valence-electron chi connectivity index (χ1n) is 16.9. The summed E-state index contributed by atoms with van der Waals surface area (Å²) >= 11 is 7.22. The number of sulfonamides is 1. The highest BCUT2D eigenvalue weighted by Crippen LogP contribution is 2.40. The number of nitrogens with zero attached hydrogens (tertiary/aromatic N) is 4. The van der Waals surface area contributed by atoms with Crippen LogP contribution in [0.15, 0.2) is 47.4 Å². The molecule has 2 aromatic carbocycles. The molecule has 14 nitrogen and oxygen atoms in total. The first-order chi connectivity index (χ1) is 24.4. The van der Waals surface area contributed by atoms with Crippen LogP contribution < -0.4 is 14.2 Å². The first kappa shape index (κ1) is 36.1. The maximum Gasteiger partial charge on any atom is 0.412 e. The topological polar surface area (TPSA) is 148 Å². The van der Waals surface area contributed by atoms with Crippen molar-refractivity contribution in [3.05, 3.63) is 58.1 Å². The molecule has 0 radical (unpaired) electrons. The zero-order chi connectivity index (χ0) is 35.9. The molecule has 7 rings (SSSR count). The fourth-order valence-electron chi connectivity index (χ4n) is 7.01. The second kappa shape index (κ2) is 14.6. The lowest BCUT2D eigenvalue weighted by Crippen LogP contribution is -2.51. The van der Waals surface area contributed by atoms with E-state index in [1.165, 1.54) is 16.4 Å². The minimum atomic E-state index is -4.02. The fraction of sp³-hybridized carbons (Fsp3) is 0.559. The van der Waals surface area contributed by atoms with Gasteiger partial charge in [-0.15, -0.1) is 5.10 Å². The summed E-state index contributed by atoms with van der Waals surface area (Å²) in [5.41, 5.74) is 0.304. The number of carbonyl (C=O) groups excluding carboxylic acids is 1. The van der Waals surface area contributed by atoms with Crippen LogP contribution in [0.2, 0.25) is 4.34 Å². The van der Waals surface area contributed by atoms with Crippen LogP contribution >= 0.6 is 23.1 Å². The summed E-state index contributed by atoms with van der Waals surface area (Å²) in [5.74, 6) is 1.41. The van der Waals surface area contributed by atoms with E-state index in [0.717, 1.165) is 23.5 Å². The lowest BCUT2D eigenvalue weighted by atomic mass is 9.99. The molecule has 0 bridgehead atoms. The number of amides is 1. The quantitative estimate of drug-likeness (QED) is 0.242. The highest BCUT2D eigenvalue weighted by molar-refractivity contribution is 7.89. The van der Waals surface area contributed by atoms with E-state index in [0.29, 0.717) is 40.3 Å². The summed E-state index contributed by atoms with van der Waals surface area (Å²) in [7, 11) is -4.02. The molecule has 51 heavy (non-hydrogen) atoms. The molecule has 0 N–H and O–H groups in total. The Kier molecular flexibility index (Phi) is 10.4. The van der Waals surface area contributed by atoms with Crippen LogP contribution in [0.5, 0.6) is 17.2 Å². The zero-order valence-electron chi connectivity index (χ0n) is 28.7. The van der Waals surface area contributed by atoms with Gasteiger partial charge >= 0.3 is 6.09 Å². The van der Waals surface area contributed by atoms with Gasteiger partial charge in [0.2, 0.25) is 16.8 Å². The SMILES string of the molecule is CC(C)CN(C[C@@H]1OC(C)(C)N(C(=O)O[C@@H]2CO[C@@H]3OCC[C@@H]32)[C@@H]1Cc1ccc(OCc2nnsc2Cl)cc1)S(=O)(=O)c1ccc2c(c1)OCO2. The number of rotatable bonds is 12. The number of ether oxygens (including phenoxy) is 7. The van der Waals surface area contributed by atoms with E-state index >= 15 is 0 Å². The lowest BCUT2D eigenvalue weighted by Gasteiger charge is -2.34. The molecule has 5 atom stereocenters. The second-order valence-corrected chi connectivity index (χ2v) is 17.1. The van der Waals surface area contributed by atoms with Gasteiger partial charge in [0.1, 0.15) is 34.2 Å². The molecule has 0 spiro atoms. The van der Waals surface area contributed by atoms with E-state index < -0.39 is 40.1 Å². The van der Waals surface area contributed by atoms with Gasteiger partial charge in [-0.25, -0.2) is 13.2 Å². The van der Waals surface area contributed by atoms with Crippen LogP contribution in [0, 0.1) is 11.8 Å². The number of hydrogen-bond donors (Lipinski definition) is 0. The van der Waals surface area contributed by atoms with Gasteiger partial charge in [-0.1, -0.05) is 42.1 Å². The van der Waals surface area contributed by atoms with Gasteiger partial charge in [-0.05, 0) is 62.4 Å². The average molecular weight is 765 g/mol. The Labute approximate surface area is 306 Å². The van der Waals surface area contributed by atoms with Crippen molar-refractivity contribution in [2.45, 2.75) is 82.3 Å². The van der Waals surface area contributed by atoms with Crippen LogP contribution in [-0.2, 0) is 42.0 Å². The smallest absolute Gasteiger partial charge is 0.412 e. The summed E-state index contributed by atoms with van der Waals surface area (Å²) in [6.07, 6.45) is -1.05. The molecule has 5 heterocycles. The van der Waals surface area contributed by atoms with Gasteiger partial charge in [0.15, 0.2) is 17.8 Å². The normalized spacial score (nSPS) is 25.2. The van der Waals surface area contributed by atoms with Crippen molar-refractivity contribution in [3.63, 3.8) is 0 Å². The van der Waals surface area contributed by atoms with Gasteiger partial charge in [0.05, 0.1) is 36.2 Å². The van der Waals surface area contributed by atoms with E-state index in [1.807, 2.05) is 38.1 Å². The van der Waals surface area contributed by atoms with Crippen molar-refractivity contribution in [1.29, 1.82) is 0 Å². The molecule has 3 aromatic rings. The average Bonchev–Trinajstić information content (AvgIpc) is 3.91. The zero-order valence-corrected chi connectivity index (χ0v) is 31.1. The Balaban J connectivity index is 1.16. The molecule has 4 aliphatic rings. The number of hydrogen-bond acceptors (Lipinski definition) is 13. The Bertz CT molecular complexity index is 1830. The minimum Gasteiger partial charge on any atom is -0.487 e. The van der Waals surface area contributed by atoms with Crippen LogP contribution in [0.25, 0.3) is 0 Å². The van der Waals surface area contributed by atoms with Gasteiger partial charge < -0.3 is 33.2 Å². The molecule has 3 saturated heterocycles. The van der Waals surface area contributed by atoms with Crippen molar-refractivity contribution in [3.8, 4) is 17.2 Å². The number of benzene rings is 2. The highest BCUT2D eigenvalue weighted by Gasteiger charge is 2.53. The summed E-state index contributed by atoms with van der Waals surface area (Å²) < 4.78 is 75.1. The van der Waals surface area contributed by atoms with Crippen molar-refractivity contribution >= 4 is 39.2 Å². The highest BCUT2D eigenvalue weighted by atomic mass is 35.5. The van der Waals surface area contributed by atoms with E-state index in [4.69, 9.17) is 44.8 Å². The number of aromatic nitrogens is 2.